The van der Waals surface area contributed by atoms with E-state index in [1.54, 1.807) is 18.2 Å². The summed E-state index contributed by atoms with van der Waals surface area (Å²) >= 11 is 0. The van der Waals surface area contributed by atoms with Gasteiger partial charge in [0, 0.05) is 0 Å². The molecule has 0 unspecified atom stereocenters. The van der Waals surface area contributed by atoms with Crippen molar-refractivity contribution in [2.45, 2.75) is 13.3 Å². The molecule has 1 rings (SSSR count). The topological polar surface area (TPSA) is 75.6 Å². The van der Waals surface area contributed by atoms with Crippen LogP contribution >= 0.6 is 0 Å². The number of benzene rings is 1. The van der Waals surface area contributed by atoms with E-state index in [0.29, 0.717) is 12.4 Å². The molecule has 0 radical (unpaired) electrons. The van der Waals surface area contributed by atoms with Crippen molar-refractivity contribution in [3.63, 3.8) is 0 Å². The molecular formula is C9H13NO4S. The molecule has 5 nitrogen and oxygen atoms in total. The number of para-hydroxylation sites is 2. The molecule has 0 aliphatic rings. The van der Waals surface area contributed by atoms with E-state index < -0.39 is 10.3 Å². The molecule has 0 aromatic heterocycles. The lowest BCUT2D eigenvalue weighted by atomic mass is 10.3. The summed E-state index contributed by atoms with van der Waals surface area (Å²) in [4.78, 5) is 0. The Hall–Kier alpha value is -1.27. The summed E-state index contributed by atoms with van der Waals surface area (Å²) < 4.78 is 37.1. The van der Waals surface area contributed by atoms with Gasteiger partial charge in [0.15, 0.2) is 0 Å². The monoisotopic (exact) mass is 231 g/mol. The summed E-state index contributed by atoms with van der Waals surface area (Å²) in [6.45, 7) is 2.43. The first kappa shape index (κ1) is 11.8. The van der Waals surface area contributed by atoms with Gasteiger partial charge in [-0.3, -0.25) is 9.27 Å². The van der Waals surface area contributed by atoms with Crippen LogP contribution in [-0.4, -0.2) is 19.6 Å². The Labute approximate surface area is 89.0 Å². The van der Waals surface area contributed by atoms with Crippen LogP contribution in [-0.2, 0) is 10.3 Å². The highest BCUT2D eigenvalue weighted by molar-refractivity contribution is 7.87. The molecule has 6 heteroatoms. The van der Waals surface area contributed by atoms with Crippen LogP contribution in [0.2, 0.25) is 0 Å². The van der Waals surface area contributed by atoms with Crippen molar-refractivity contribution in [3.05, 3.63) is 24.3 Å². The van der Waals surface area contributed by atoms with Gasteiger partial charge in [0.05, 0.1) is 12.3 Å². The van der Waals surface area contributed by atoms with Crippen molar-refractivity contribution >= 4 is 16.0 Å². The second-order valence-electron chi connectivity index (χ2n) is 2.92. The van der Waals surface area contributed by atoms with E-state index in [0.717, 1.165) is 6.42 Å². The highest BCUT2D eigenvalue weighted by atomic mass is 32.2. The summed E-state index contributed by atoms with van der Waals surface area (Å²) in [5, 5.41) is 0. The molecule has 84 valence electrons. The predicted molar refractivity (Wildman–Crippen MR) is 57.4 cm³/mol. The second kappa shape index (κ2) is 4.99. The minimum Gasteiger partial charge on any atom is -0.491 e. The van der Waals surface area contributed by atoms with Gasteiger partial charge in [-0.05, 0) is 18.6 Å². The Kier molecular flexibility index (Phi) is 3.93. The number of hydrogen-bond acceptors (Lipinski definition) is 3. The molecule has 0 aliphatic carbocycles. The third kappa shape index (κ3) is 4.18. The molecule has 2 N–H and O–H groups in total. The van der Waals surface area contributed by atoms with Gasteiger partial charge in [-0.15, -0.1) is 0 Å². The smallest absolute Gasteiger partial charge is 0.357 e. The lowest BCUT2D eigenvalue weighted by Crippen LogP contribution is -2.11. The van der Waals surface area contributed by atoms with Crippen LogP contribution in [0.3, 0.4) is 0 Å². The highest BCUT2D eigenvalue weighted by Gasteiger charge is 2.08. The minimum absolute atomic E-state index is 0.230. The van der Waals surface area contributed by atoms with Gasteiger partial charge in [-0.2, -0.15) is 8.42 Å². The Morgan fingerprint density at radius 3 is 2.67 bits per heavy atom. The maximum absolute atomic E-state index is 10.6. The SMILES string of the molecule is CCCOc1ccccc1NS(=O)(=O)O. The third-order valence-electron chi connectivity index (χ3n) is 1.59. The lowest BCUT2D eigenvalue weighted by molar-refractivity contribution is 0.319. The maximum atomic E-state index is 10.6. The molecule has 0 saturated carbocycles. The van der Waals surface area contributed by atoms with Crippen molar-refractivity contribution in [1.82, 2.24) is 0 Å². The number of nitrogens with one attached hydrogen (secondary N) is 1. The van der Waals surface area contributed by atoms with Crippen LogP contribution in [0.4, 0.5) is 5.69 Å². The van der Waals surface area contributed by atoms with E-state index in [-0.39, 0.29) is 5.69 Å². The number of anilines is 1. The molecular weight excluding hydrogens is 218 g/mol. The van der Waals surface area contributed by atoms with Crippen LogP contribution < -0.4 is 9.46 Å². The van der Waals surface area contributed by atoms with Crippen molar-refractivity contribution in [1.29, 1.82) is 0 Å². The first-order chi connectivity index (χ1) is 7.03. The summed E-state index contributed by atoms with van der Waals surface area (Å²) in [5.41, 5.74) is 0.230. The summed E-state index contributed by atoms with van der Waals surface area (Å²) in [6.07, 6.45) is 0.820. The fraction of sp³-hybridized carbons (Fsp3) is 0.333. The first-order valence-electron chi connectivity index (χ1n) is 4.50. The van der Waals surface area contributed by atoms with E-state index in [4.69, 9.17) is 9.29 Å². The fourth-order valence-corrected chi connectivity index (χ4v) is 1.47. The number of hydrogen-bond donors (Lipinski definition) is 2. The molecule has 0 heterocycles. The third-order valence-corrected chi connectivity index (χ3v) is 2.07. The first-order valence-corrected chi connectivity index (χ1v) is 5.94. The van der Waals surface area contributed by atoms with Crippen molar-refractivity contribution in [3.8, 4) is 5.75 Å². The summed E-state index contributed by atoms with van der Waals surface area (Å²) in [5.74, 6) is 0.400. The Morgan fingerprint density at radius 2 is 2.07 bits per heavy atom. The molecule has 0 aliphatic heterocycles. The van der Waals surface area contributed by atoms with Crippen molar-refractivity contribution in [2.75, 3.05) is 11.3 Å². The summed E-state index contributed by atoms with van der Waals surface area (Å²) in [6, 6.07) is 6.51. The minimum atomic E-state index is -4.25. The van der Waals surface area contributed by atoms with Gasteiger partial charge >= 0.3 is 10.3 Å². The Bertz CT molecular complexity index is 416. The van der Waals surface area contributed by atoms with E-state index >= 15 is 0 Å². The van der Waals surface area contributed by atoms with Crippen molar-refractivity contribution in [2.24, 2.45) is 0 Å². The zero-order chi connectivity index (χ0) is 11.3. The van der Waals surface area contributed by atoms with Crippen molar-refractivity contribution < 1.29 is 17.7 Å². The van der Waals surface area contributed by atoms with E-state index in [2.05, 4.69) is 0 Å². The van der Waals surface area contributed by atoms with Gasteiger partial charge in [0.25, 0.3) is 0 Å². The normalized spacial score (nSPS) is 11.1. The van der Waals surface area contributed by atoms with Crippen LogP contribution in [0.1, 0.15) is 13.3 Å². The van der Waals surface area contributed by atoms with E-state index in [1.807, 2.05) is 11.6 Å². The zero-order valence-corrected chi connectivity index (χ0v) is 9.12. The van der Waals surface area contributed by atoms with Crippen LogP contribution in [0.5, 0.6) is 5.75 Å². The van der Waals surface area contributed by atoms with Crippen LogP contribution in [0, 0.1) is 0 Å². The lowest BCUT2D eigenvalue weighted by Gasteiger charge is -2.10. The predicted octanol–water partition coefficient (Wildman–Crippen LogP) is 1.69. The van der Waals surface area contributed by atoms with Gasteiger partial charge in [0.2, 0.25) is 0 Å². The second-order valence-corrected chi connectivity index (χ2v) is 4.08. The Morgan fingerprint density at radius 1 is 1.40 bits per heavy atom. The molecule has 0 spiro atoms. The molecule has 1 aromatic rings. The molecule has 0 amide bonds. The van der Waals surface area contributed by atoms with Gasteiger partial charge in [-0.25, -0.2) is 0 Å². The number of ether oxygens (including phenoxy) is 1. The molecule has 0 atom stereocenters. The van der Waals surface area contributed by atoms with Gasteiger partial charge in [0.1, 0.15) is 5.75 Å². The molecule has 1 aromatic carbocycles. The average molecular weight is 231 g/mol. The Balaban J connectivity index is 2.86. The molecule has 0 fully saturated rings. The van der Waals surface area contributed by atoms with Gasteiger partial charge in [-0.1, -0.05) is 19.1 Å². The van der Waals surface area contributed by atoms with E-state index in [1.165, 1.54) is 6.07 Å². The quantitative estimate of drug-likeness (QED) is 0.756. The molecule has 0 saturated heterocycles. The zero-order valence-electron chi connectivity index (χ0n) is 8.30. The largest absolute Gasteiger partial charge is 0.491 e. The molecule has 0 bridgehead atoms. The van der Waals surface area contributed by atoms with Crippen LogP contribution in [0.15, 0.2) is 24.3 Å². The molecule has 15 heavy (non-hydrogen) atoms. The maximum Gasteiger partial charge on any atom is 0.357 e. The van der Waals surface area contributed by atoms with Crippen LogP contribution in [0.25, 0.3) is 0 Å². The fourth-order valence-electron chi connectivity index (χ4n) is 1.03. The summed E-state index contributed by atoms with van der Waals surface area (Å²) in [7, 11) is -4.25. The highest BCUT2D eigenvalue weighted by Crippen LogP contribution is 2.24. The number of rotatable bonds is 5. The van der Waals surface area contributed by atoms with Gasteiger partial charge < -0.3 is 4.74 Å². The van der Waals surface area contributed by atoms with E-state index in [9.17, 15) is 8.42 Å². The average Bonchev–Trinajstić information content (AvgIpc) is 2.14. The standard InChI is InChI=1S/C9H13NO4S/c1-2-7-14-9-6-4-3-5-8(9)10-15(11,12)13/h3-6,10H,2,7H2,1H3,(H,11,12,13).